The maximum absolute atomic E-state index is 11.3. The zero-order valence-electron chi connectivity index (χ0n) is 10.5. The van der Waals surface area contributed by atoms with Crippen molar-refractivity contribution in [2.45, 2.75) is 19.9 Å². The van der Waals surface area contributed by atoms with Crippen LogP contribution in [0.1, 0.15) is 13.8 Å². The second-order valence-electron chi connectivity index (χ2n) is 4.57. The van der Waals surface area contributed by atoms with Gasteiger partial charge in [0, 0.05) is 32.2 Å². The van der Waals surface area contributed by atoms with Crippen LogP contribution in [-0.2, 0) is 14.8 Å². The number of piperazine rings is 1. The molecule has 1 heterocycles. The number of sulfonamides is 1. The first-order chi connectivity index (χ1) is 7.73. The third-order valence-electron chi connectivity index (χ3n) is 3.43. The summed E-state index contributed by atoms with van der Waals surface area (Å²) in [5, 5.41) is 8.93. The second-order valence-corrected chi connectivity index (χ2v) is 6.55. The van der Waals surface area contributed by atoms with Gasteiger partial charge in [-0.3, -0.25) is 9.69 Å². The first-order valence-corrected chi connectivity index (χ1v) is 7.50. The highest BCUT2D eigenvalue weighted by molar-refractivity contribution is 7.88. The van der Waals surface area contributed by atoms with Gasteiger partial charge in [-0.15, -0.1) is 0 Å². The fraction of sp³-hybridized carbons (Fsp3) is 0.900. The standard InChI is InChI=1S/C10H20N2O4S/c1-8(10(13)14)9(2)11-4-6-12(7-5-11)17(3,15)16/h8-9H,4-7H2,1-3H3,(H,13,14). The SMILES string of the molecule is CC(C(=O)O)C(C)N1CCN(S(C)(=O)=O)CC1. The van der Waals surface area contributed by atoms with Crippen molar-refractivity contribution >= 4 is 16.0 Å². The van der Waals surface area contributed by atoms with E-state index in [4.69, 9.17) is 5.11 Å². The fourth-order valence-corrected chi connectivity index (χ4v) is 2.79. The summed E-state index contributed by atoms with van der Waals surface area (Å²) in [6.45, 7) is 5.60. The summed E-state index contributed by atoms with van der Waals surface area (Å²) in [4.78, 5) is 12.9. The lowest BCUT2D eigenvalue weighted by atomic mass is 10.0. The summed E-state index contributed by atoms with van der Waals surface area (Å²) in [6, 6.07) is -0.0748. The molecule has 1 aliphatic rings. The second kappa shape index (κ2) is 5.32. The van der Waals surface area contributed by atoms with E-state index in [2.05, 4.69) is 0 Å². The van der Waals surface area contributed by atoms with Crippen molar-refractivity contribution in [3.8, 4) is 0 Å². The molecule has 1 saturated heterocycles. The zero-order chi connectivity index (χ0) is 13.2. The fourth-order valence-electron chi connectivity index (χ4n) is 1.97. The lowest BCUT2D eigenvalue weighted by Crippen LogP contribution is -2.53. The lowest BCUT2D eigenvalue weighted by Gasteiger charge is -2.38. The summed E-state index contributed by atoms with van der Waals surface area (Å²) >= 11 is 0. The van der Waals surface area contributed by atoms with Gasteiger partial charge < -0.3 is 5.11 Å². The first kappa shape index (κ1) is 14.4. The van der Waals surface area contributed by atoms with Crippen molar-refractivity contribution < 1.29 is 18.3 Å². The Bertz CT molecular complexity index is 374. The molecule has 1 N–H and O–H groups in total. The van der Waals surface area contributed by atoms with Gasteiger partial charge in [-0.2, -0.15) is 4.31 Å². The minimum Gasteiger partial charge on any atom is -0.481 e. The number of hydrogen-bond donors (Lipinski definition) is 1. The minimum absolute atomic E-state index is 0.0748. The Morgan fingerprint density at radius 1 is 1.18 bits per heavy atom. The van der Waals surface area contributed by atoms with E-state index in [1.165, 1.54) is 10.6 Å². The Hall–Kier alpha value is -0.660. The van der Waals surface area contributed by atoms with Crippen molar-refractivity contribution in [2.24, 2.45) is 5.92 Å². The first-order valence-electron chi connectivity index (χ1n) is 5.65. The molecule has 0 spiro atoms. The van der Waals surface area contributed by atoms with Gasteiger partial charge in [-0.05, 0) is 6.92 Å². The van der Waals surface area contributed by atoms with Gasteiger partial charge in [0.25, 0.3) is 0 Å². The third kappa shape index (κ3) is 3.65. The molecule has 2 atom stereocenters. The summed E-state index contributed by atoms with van der Waals surface area (Å²) in [5.41, 5.74) is 0. The number of carbonyl (C=O) groups is 1. The largest absolute Gasteiger partial charge is 0.481 e. The van der Waals surface area contributed by atoms with Crippen molar-refractivity contribution in [1.82, 2.24) is 9.21 Å². The number of nitrogens with zero attached hydrogens (tertiary/aromatic N) is 2. The molecule has 0 radical (unpaired) electrons. The lowest BCUT2D eigenvalue weighted by molar-refractivity contribution is -0.143. The predicted octanol–water partition coefficient (Wildman–Crippen LogP) is -0.327. The normalized spacial score (nSPS) is 23.2. The maximum atomic E-state index is 11.3. The van der Waals surface area contributed by atoms with Crippen LogP contribution in [0.2, 0.25) is 0 Å². The molecule has 0 amide bonds. The molecular formula is C10H20N2O4S. The van der Waals surface area contributed by atoms with Crippen molar-refractivity contribution in [3.05, 3.63) is 0 Å². The van der Waals surface area contributed by atoms with E-state index in [1.807, 2.05) is 11.8 Å². The molecule has 0 aliphatic carbocycles. The smallest absolute Gasteiger partial charge is 0.307 e. The van der Waals surface area contributed by atoms with Crippen LogP contribution in [0.4, 0.5) is 0 Å². The number of carboxylic acids is 1. The Morgan fingerprint density at radius 3 is 2.00 bits per heavy atom. The van der Waals surface area contributed by atoms with Gasteiger partial charge in [0.1, 0.15) is 0 Å². The Morgan fingerprint density at radius 2 is 1.65 bits per heavy atom. The van der Waals surface area contributed by atoms with Crippen molar-refractivity contribution in [3.63, 3.8) is 0 Å². The van der Waals surface area contributed by atoms with Crippen molar-refractivity contribution in [1.29, 1.82) is 0 Å². The monoisotopic (exact) mass is 264 g/mol. The molecule has 0 aromatic rings. The van der Waals surface area contributed by atoms with E-state index in [9.17, 15) is 13.2 Å². The van der Waals surface area contributed by atoms with Crippen LogP contribution in [0.3, 0.4) is 0 Å². The van der Waals surface area contributed by atoms with Crippen molar-refractivity contribution in [2.75, 3.05) is 32.4 Å². The molecule has 17 heavy (non-hydrogen) atoms. The van der Waals surface area contributed by atoms with Crippen LogP contribution < -0.4 is 0 Å². The molecular weight excluding hydrogens is 244 g/mol. The van der Waals surface area contributed by atoms with Crippen LogP contribution in [0, 0.1) is 5.92 Å². The van der Waals surface area contributed by atoms with E-state index in [0.717, 1.165) is 0 Å². The van der Waals surface area contributed by atoms with E-state index in [-0.39, 0.29) is 6.04 Å². The quantitative estimate of drug-likeness (QED) is 0.752. The van der Waals surface area contributed by atoms with E-state index in [1.54, 1.807) is 6.92 Å². The minimum atomic E-state index is -3.12. The molecule has 0 saturated carbocycles. The van der Waals surface area contributed by atoms with Crippen LogP contribution >= 0.6 is 0 Å². The van der Waals surface area contributed by atoms with Gasteiger partial charge in [0.2, 0.25) is 10.0 Å². The Kier molecular flexibility index (Phi) is 4.51. The topological polar surface area (TPSA) is 77.9 Å². The molecule has 0 aromatic carbocycles. The summed E-state index contributed by atoms with van der Waals surface area (Å²) < 4.78 is 24.1. The van der Waals surface area contributed by atoms with Crippen LogP contribution in [0.25, 0.3) is 0 Å². The molecule has 1 rings (SSSR count). The van der Waals surface area contributed by atoms with E-state index in [0.29, 0.717) is 26.2 Å². The average Bonchev–Trinajstić information content (AvgIpc) is 2.26. The number of aliphatic carboxylic acids is 1. The molecule has 1 fully saturated rings. The van der Waals surface area contributed by atoms with E-state index >= 15 is 0 Å². The zero-order valence-corrected chi connectivity index (χ0v) is 11.3. The van der Waals surface area contributed by atoms with Gasteiger partial charge in [0.05, 0.1) is 12.2 Å². The molecule has 0 bridgehead atoms. The molecule has 6 nitrogen and oxygen atoms in total. The average molecular weight is 264 g/mol. The van der Waals surface area contributed by atoms with Gasteiger partial charge in [-0.1, -0.05) is 6.92 Å². The molecule has 100 valence electrons. The maximum Gasteiger partial charge on any atom is 0.307 e. The Labute approximate surface area is 102 Å². The molecule has 1 aliphatic heterocycles. The third-order valence-corrected chi connectivity index (χ3v) is 4.73. The van der Waals surface area contributed by atoms with Crippen LogP contribution in [0.15, 0.2) is 0 Å². The molecule has 7 heteroatoms. The highest BCUT2D eigenvalue weighted by atomic mass is 32.2. The predicted molar refractivity (Wildman–Crippen MR) is 64.3 cm³/mol. The van der Waals surface area contributed by atoms with Crippen LogP contribution in [-0.4, -0.2) is 67.2 Å². The summed E-state index contributed by atoms with van der Waals surface area (Å²) in [5.74, 6) is -1.26. The molecule has 2 unspecified atom stereocenters. The summed E-state index contributed by atoms with van der Waals surface area (Å²) in [6.07, 6.45) is 1.20. The Balaban J connectivity index is 2.55. The summed E-state index contributed by atoms with van der Waals surface area (Å²) in [7, 11) is -3.12. The van der Waals surface area contributed by atoms with Gasteiger partial charge in [-0.25, -0.2) is 8.42 Å². The number of hydrogen-bond acceptors (Lipinski definition) is 4. The number of rotatable bonds is 4. The van der Waals surface area contributed by atoms with E-state index < -0.39 is 21.9 Å². The highest BCUT2D eigenvalue weighted by Crippen LogP contribution is 2.15. The van der Waals surface area contributed by atoms with Crippen LogP contribution in [0.5, 0.6) is 0 Å². The van der Waals surface area contributed by atoms with Gasteiger partial charge in [0.15, 0.2) is 0 Å². The molecule has 0 aromatic heterocycles. The number of carboxylic acid groups (broad SMARTS) is 1. The van der Waals surface area contributed by atoms with Gasteiger partial charge >= 0.3 is 5.97 Å². The highest BCUT2D eigenvalue weighted by Gasteiger charge is 2.30.